The summed E-state index contributed by atoms with van der Waals surface area (Å²) in [5.41, 5.74) is 6.29. The number of aromatic nitrogens is 5. The van der Waals surface area contributed by atoms with Crippen LogP contribution in [0.25, 0.3) is 33.4 Å². The minimum Gasteiger partial charge on any atom is -0.488 e. The second-order valence-corrected chi connectivity index (χ2v) is 7.37. The first kappa shape index (κ1) is 19.4. The highest BCUT2D eigenvalue weighted by atomic mass is 16.5. The number of aromatic amines is 1. The molecule has 0 spiro atoms. The molecule has 7 heteroatoms. The van der Waals surface area contributed by atoms with Gasteiger partial charge in [0.15, 0.2) is 0 Å². The van der Waals surface area contributed by atoms with Crippen molar-refractivity contribution in [3.63, 3.8) is 0 Å². The number of hydrogen-bond acceptors (Lipinski definition) is 6. The van der Waals surface area contributed by atoms with Gasteiger partial charge in [-0.1, -0.05) is 48.5 Å². The normalized spacial score (nSPS) is 10.8. The minimum absolute atomic E-state index is 0.405. The van der Waals surface area contributed by atoms with Crippen LogP contribution in [-0.4, -0.2) is 25.6 Å². The fourth-order valence-corrected chi connectivity index (χ4v) is 3.66. The van der Waals surface area contributed by atoms with Crippen LogP contribution in [-0.2, 0) is 6.61 Å². The molecule has 5 aromatic rings. The number of pyridine rings is 1. The smallest absolute Gasteiger partial charge is 0.205 e. The summed E-state index contributed by atoms with van der Waals surface area (Å²) < 4.78 is 6.13. The topological polar surface area (TPSA) is 100 Å². The lowest BCUT2D eigenvalue weighted by Gasteiger charge is -2.12. The summed E-state index contributed by atoms with van der Waals surface area (Å²) in [5, 5.41) is 24.4. The quantitative estimate of drug-likeness (QED) is 0.438. The molecule has 5 rings (SSSR count). The second-order valence-electron chi connectivity index (χ2n) is 7.37. The number of rotatable bonds is 5. The van der Waals surface area contributed by atoms with E-state index in [2.05, 4.69) is 43.8 Å². The first-order chi connectivity index (χ1) is 15.7. The third-order valence-electron chi connectivity index (χ3n) is 5.20. The molecular weight excluding hydrogens is 400 g/mol. The predicted octanol–water partition coefficient (Wildman–Crippen LogP) is 4.84. The van der Waals surface area contributed by atoms with E-state index >= 15 is 0 Å². The molecule has 2 aromatic heterocycles. The van der Waals surface area contributed by atoms with Gasteiger partial charge in [0.05, 0.1) is 17.1 Å². The van der Waals surface area contributed by atoms with E-state index in [0.29, 0.717) is 18.0 Å². The first-order valence-corrected chi connectivity index (χ1v) is 10.1. The Kier molecular flexibility index (Phi) is 5.02. The Balaban J connectivity index is 1.40. The van der Waals surface area contributed by atoms with Crippen molar-refractivity contribution in [3.8, 4) is 34.3 Å². The second kappa shape index (κ2) is 8.28. The average Bonchev–Trinajstić information content (AvgIpc) is 3.37. The lowest BCUT2D eigenvalue weighted by molar-refractivity contribution is 0.309. The van der Waals surface area contributed by atoms with Gasteiger partial charge in [0.1, 0.15) is 12.4 Å². The van der Waals surface area contributed by atoms with Crippen molar-refractivity contribution in [2.24, 2.45) is 0 Å². The van der Waals surface area contributed by atoms with Gasteiger partial charge in [-0.05, 0) is 47.0 Å². The molecule has 2 heterocycles. The van der Waals surface area contributed by atoms with Gasteiger partial charge < -0.3 is 4.74 Å². The molecule has 3 aromatic carbocycles. The number of H-pyrrole nitrogens is 1. The van der Waals surface area contributed by atoms with Crippen molar-refractivity contribution < 1.29 is 4.74 Å². The number of ether oxygens (including phenoxy) is 1. The first-order valence-electron chi connectivity index (χ1n) is 10.1. The van der Waals surface area contributed by atoms with Crippen molar-refractivity contribution in [2.45, 2.75) is 13.5 Å². The lowest BCUT2D eigenvalue weighted by atomic mass is 9.98. The van der Waals surface area contributed by atoms with E-state index in [1.54, 1.807) is 6.07 Å². The maximum atomic E-state index is 9.23. The Morgan fingerprint density at radius 2 is 1.78 bits per heavy atom. The van der Waals surface area contributed by atoms with E-state index in [9.17, 15) is 5.26 Å². The Labute approximate surface area is 184 Å². The molecular formula is C25H18N6O. The van der Waals surface area contributed by atoms with Gasteiger partial charge in [0.25, 0.3) is 0 Å². The monoisotopic (exact) mass is 418 g/mol. The summed E-state index contributed by atoms with van der Waals surface area (Å²) in [6, 6.07) is 25.7. The Hall–Kier alpha value is -4.57. The van der Waals surface area contributed by atoms with Crippen LogP contribution in [0.15, 0.2) is 72.8 Å². The highest BCUT2D eigenvalue weighted by Gasteiger charge is 2.11. The summed E-state index contributed by atoms with van der Waals surface area (Å²) >= 11 is 0. The van der Waals surface area contributed by atoms with Crippen molar-refractivity contribution in [2.75, 3.05) is 0 Å². The Morgan fingerprint density at radius 1 is 0.969 bits per heavy atom. The van der Waals surface area contributed by atoms with Crippen molar-refractivity contribution in [1.29, 1.82) is 5.26 Å². The van der Waals surface area contributed by atoms with Crippen molar-refractivity contribution in [3.05, 3.63) is 89.6 Å². The van der Waals surface area contributed by atoms with Crippen LogP contribution >= 0.6 is 0 Å². The summed E-state index contributed by atoms with van der Waals surface area (Å²) in [6.07, 6.45) is 0. The number of nitrogens with one attached hydrogen (secondary N) is 1. The van der Waals surface area contributed by atoms with Crippen molar-refractivity contribution in [1.82, 2.24) is 25.6 Å². The third kappa shape index (κ3) is 3.77. The number of fused-ring (bicyclic) bond motifs is 1. The molecule has 0 bridgehead atoms. The minimum atomic E-state index is 0.405. The van der Waals surface area contributed by atoms with Crippen LogP contribution in [0.4, 0.5) is 0 Å². The fourth-order valence-electron chi connectivity index (χ4n) is 3.66. The Morgan fingerprint density at radius 3 is 2.53 bits per heavy atom. The number of hydrogen-bond donors (Lipinski definition) is 1. The largest absolute Gasteiger partial charge is 0.488 e. The molecule has 7 nitrogen and oxygen atoms in total. The molecule has 0 aliphatic rings. The van der Waals surface area contributed by atoms with E-state index in [1.807, 2.05) is 61.5 Å². The zero-order valence-electron chi connectivity index (χ0n) is 17.3. The van der Waals surface area contributed by atoms with E-state index in [-0.39, 0.29) is 0 Å². The molecule has 0 unspecified atom stereocenters. The summed E-state index contributed by atoms with van der Waals surface area (Å²) in [6.45, 7) is 2.34. The lowest BCUT2D eigenvalue weighted by Crippen LogP contribution is -1.98. The molecule has 0 saturated carbocycles. The van der Waals surface area contributed by atoms with Crippen LogP contribution in [0.5, 0.6) is 5.75 Å². The molecule has 0 fully saturated rings. The molecule has 32 heavy (non-hydrogen) atoms. The van der Waals surface area contributed by atoms with Gasteiger partial charge in [0.2, 0.25) is 5.82 Å². The highest BCUT2D eigenvalue weighted by Crippen LogP contribution is 2.30. The van der Waals surface area contributed by atoms with Gasteiger partial charge in [-0.25, -0.2) is 0 Å². The van der Waals surface area contributed by atoms with E-state index < -0.39 is 0 Å². The van der Waals surface area contributed by atoms with Crippen LogP contribution in [0, 0.1) is 18.3 Å². The molecule has 0 atom stereocenters. The van der Waals surface area contributed by atoms with Crippen LogP contribution < -0.4 is 4.74 Å². The summed E-state index contributed by atoms with van der Waals surface area (Å²) in [7, 11) is 0. The number of aryl methyl sites for hydroxylation is 1. The fraction of sp³-hybridized carbons (Fsp3) is 0.0800. The van der Waals surface area contributed by atoms with Gasteiger partial charge >= 0.3 is 0 Å². The molecule has 0 aliphatic heterocycles. The molecule has 0 amide bonds. The molecule has 0 radical (unpaired) electrons. The standard InChI is InChI=1S/C25H18N6O/c1-16-12-24(22-13-18(14-26)8-11-23(22)27-16)32-15-17-6-9-19(10-7-17)20-4-2-3-5-21(20)25-28-30-31-29-25/h2-13H,15H2,1H3,(H,28,29,30,31). The van der Waals surface area contributed by atoms with Gasteiger partial charge in [0, 0.05) is 22.7 Å². The zero-order chi connectivity index (χ0) is 21.9. The van der Waals surface area contributed by atoms with Crippen molar-refractivity contribution >= 4 is 10.9 Å². The van der Waals surface area contributed by atoms with Gasteiger partial charge in [-0.3, -0.25) is 4.98 Å². The van der Waals surface area contributed by atoms with Crippen LogP contribution in [0.1, 0.15) is 16.8 Å². The van der Waals surface area contributed by atoms with Crippen LogP contribution in [0.2, 0.25) is 0 Å². The predicted molar refractivity (Wildman–Crippen MR) is 121 cm³/mol. The summed E-state index contributed by atoms with van der Waals surface area (Å²) in [4.78, 5) is 4.53. The molecule has 0 aliphatic carbocycles. The molecule has 154 valence electrons. The number of nitriles is 1. The SMILES string of the molecule is Cc1cc(OCc2ccc(-c3ccccc3-c3nn[nH]n3)cc2)c2cc(C#N)ccc2n1. The third-order valence-corrected chi connectivity index (χ3v) is 5.20. The van der Waals surface area contributed by atoms with E-state index in [4.69, 9.17) is 4.74 Å². The van der Waals surface area contributed by atoms with Gasteiger partial charge in [-0.2, -0.15) is 10.5 Å². The molecule has 0 saturated heterocycles. The maximum absolute atomic E-state index is 9.23. The molecule has 1 N–H and O–H groups in total. The van der Waals surface area contributed by atoms with Gasteiger partial charge in [-0.15, -0.1) is 10.2 Å². The zero-order valence-corrected chi connectivity index (χ0v) is 17.3. The van der Waals surface area contributed by atoms with E-state index in [1.165, 1.54) is 0 Å². The number of benzene rings is 3. The maximum Gasteiger partial charge on any atom is 0.205 e. The van der Waals surface area contributed by atoms with E-state index in [0.717, 1.165) is 44.6 Å². The number of nitrogens with zero attached hydrogens (tertiary/aromatic N) is 5. The highest BCUT2D eigenvalue weighted by molar-refractivity contribution is 5.86. The average molecular weight is 418 g/mol. The number of tetrazole rings is 1. The Bertz CT molecular complexity index is 1440. The summed E-state index contributed by atoms with van der Waals surface area (Å²) in [5.74, 6) is 1.28. The van der Waals surface area contributed by atoms with Crippen LogP contribution in [0.3, 0.4) is 0 Å².